The fourth-order valence-corrected chi connectivity index (χ4v) is 3.05. The van der Waals surface area contributed by atoms with Crippen LogP contribution in [0.25, 0.3) is 0 Å². The summed E-state index contributed by atoms with van der Waals surface area (Å²) in [4.78, 5) is 34.5. The van der Waals surface area contributed by atoms with Gasteiger partial charge in [-0.05, 0) is 38.7 Å². The van der Waals surface area contributed by atoms with Crippen molar-refractivity contribution >= 4 is 5.91 Å². The number of carbonyl (C=O) groups is 1. The van der Waals surface area contributed by atoms with Crippen molar-refractivity contribution in [2.24, 2.45) is 5.92 Å². The molecule has 2 aromatic rings. The lowest BCUT2D eigenvalue weighted by Crippen LogP contribution is -2.42. The molecule has 1 fully saturated rings. The van der Waals surface area contributed by atoms with E-state index in [1.807, 2.05) is 24.0 Å². The van der Waals surface area contributed by atoms with Crippen molar-refractivity contribution in [1.29, 1.82) is 0 Å². The second-order valence-corrected chi connectivity index (χ2v) is 6.76. The van der Waals surface area contributed by atoms with E-state index in [0.29, 0.717) is 37.2 Å². The Balaban J connectivity index is 1.48. The normalized spacial score (nSPS) is 15.1. The minimum Gasteiger partial charge on any atom is -0.477 e. The highest BCUT2D eigenvalue weighted by atomic mass is 16.5. The summed E-state index contributed by atoms with van der Waals surface area (Å²) in [5.74, 6) is 1.04. The van der Waals surface area contributed by atoms with Gasteiger partial charge in [0.25, 0.3) is 5.56 Å². The van der Waals surface area contributed by atoms with Gasteiger partial charge >= 0.3 is 0 Å². The number of hydrogen-bond donors (Lipinski definition) is 0. The summed E-state index contributed by atoms with van der Waals surface area (Å²) in [6.45, 7) is 5.75. The average Bonchev–Trinajstić information content (AvgIpc) is 2.64. The molecule has 0 unspecified atom stereocenters. The summed E-state index contributed by atoms with van der Waals surface area (Å²) in [5, 5.41) is 0. The lowest BCUT2D eigenvalue weighted by atomic mass is 9.98. The van der Waals surface area contributed by atoms with Gasteiger partial charge in [-0.1, -0.05) is 6.07 Å². The molecule has 3 rings (SSSR count). The third-order valence-corrected chi connectivity index (χ3v) is 4.71. The van der Waals surface area contributed by atoms with Crippen molar-refractivity contribution in [3.63, 3.8) is 0 Å². The number of piperidine rings is 1. The van der Waals surface area contributed by atoms with E-state index in [9.17, 15) is 9.59 Å². The van der Waals surface area contributed by atoms with Gasteiger partial charge in [0.2, 0.25) is 11.8 Å². The molecule has 26 heavy (non-hydrogen) atoms. The van der Waals surface area contributed by atoms with Crippen LogP contribution in [0.3, 0.4) is 0 Å². The predicted octanol–water partition coefficient (Wildman–Crippen LogP) is 1.57. The highest BCUT2D eigenvalue weighted by Gasteiger charge is 2.23. The van der Waals surface area contributed by atoms with E-state index in [-0.39, 0.29) is 18.0 Å². The molecular formula is C19H24N4O3. The molecule has 3 heterocycles. The van der Waals surface area contributed by atoms with Crippen LogP contribution in [0.2, 0.25) is 0 Å². The van der Waals surface area contributed by atoms with Crippen LogP contribution in [0.15, 0.2) is 35.5 Å². The molecule has 7 nitrogen and oxygen atoms in total. The Morgan fingerprint density at radius 2 is 2.04 bits per heavy atom. The first kappa shape index (κ1) is 18.1. The van der Waals surface area contributed by atoms with Crippen molar-refractivity contribution in [2.45, 2.75) is 33.2 Å². The highest BCUT2D eigenvalue weighted by molar-refractivity contribution is 5.76. The molecule has 0 saturated carbocycles. The number of amides is 1. The van der Waals surface area contributed by atoms with Crippen LogP contribution >= 0.6 is 0 Å². The standard InChI is InChI=1S/C19H24N4O3/c1-14-4-3-7-20-19(14)26-12-16-5-8-22(9-6-16)18(25)11-23-13-21-15(2)10-17(23)24/h3-4,7,10,13,16H,5-6,8-9,11-12H2,1-2H3. The number of nitrogens with zero attached hydrogens (tertiary/aromatic N) is 4. The number of hydrogen-bond acceptors (Lipinski definition) is 5. The number of ether oxygens (including phenoxy) is 1. The molecule has 1 aliphatic rings. The number of aromatic nitrogens is 3. The van der Waals surface area contributed by atoms with Crippen molar-refractivity contribution in [3.8, 4) is 5.88 Å². The van der Waals surface area contributed by atoms with Crippen LogP contribution in [0.4, 0.5) is 0 Å². The molecule has 0 bridgehead atoms. The molecule has 0 aliphatic carbocycles. The third kappa shape index (κ3) is 4.47. The summed E-state index contributed by atoms with van der Waals surface area (Å²) >= 11 is 0. The summed E-state index contributed by atoms with van der Waals surface area (Å²) in [5.41, 5.74) is 1.49. The van der Waals surface area contributed by atoms with E-state index in [4.69, 9.17) is 4.74 Å². The number of carbonyl (C=O) groups excluding carboxylic acids is 1. The van der Waals surface area contributed by atoms with E-state index in [1.165, 1.54) is 17.0 Å². The summed E-state index contributed by atoms with van der Waals surface area (Å²) in [6, 6.07) is 5.31. The first-order chi connectivity index (χ1) is 12.5. The van der Waals surface area contributed by atoms with Gasteiger partial charge in [0.15, 0.2) is 0 Å². The van der Waals surface area contributed by atoms with E-state index in [1.54, 1.807) is 13.1 Å². The van der Waals surface area contributed by atoms with Crippen LogP contribution in [-0.2, 0) is 11.3 Å². The largest absolute Gasteiger partial charge is 0.477 e. The molecule has 1 aliphatic heterocycles. The Morgan fingerprint density at radius 1 is 1.27 bits per heavy atom. The Kier molecular flexibility index (Phi) is 5.65. The fourth-order valence-electron chi connectivity index (χ4n) is 3.05. The maximum Gasteiger partial charge on any atom is 0.253 e. The molecule has 0 N–H and O–H groups in total. The second-order valence-electron chi connectivity index (χ2n) is 6.76. The SMILES string of the molecule is Cc1cc(=O)n(CC(=O)N2CCC(COc3ncccc3C)CC2)cn1. The van der Waals surface area contributed by atoms with Gasteiger partial charge in [-0.2, -0.15) is 0 Å². The Hall–Kier alpha value is -2.70. The smallest absolute Gasteiger partial charge is 0.253 e. The zero-order valence-corrected chi connectivity index (χ0v) is 15.2. The molecule has 1 saturated heterocycles. The van der Waals surface area contributed by atoms with Crippen LogP contribution in [0.1, 0.15) is 24.1 Å². The number of likely N-dealkylation sites (tertiary alicyclic amines) is 1. The van der Waals surface area contributed by atoms with Gasteiger partial charge in [-0.3, -0.25) is 14.2 Å². The topological polar surface area (TPSA) is 77.3 Å². The van der Waals surface area contributed by atoms with E-state index in [2.05, 4.69) is 9.97 Å². The van der Waals surface area contributed by atoms with Crippen molar-refractivity contribution in [3.05, 3.63) is 52.3 Å². The van der Waals surface area contributed by atoms with Crippen LogP contribution in [0.5, 0.6) is 5.88 Å². The number of rotatable bonds is 5. The third-order valence-electron chi connectivity index (χ3n) is 4.71. The quantitative estimate of drug-likeness (QED) is 0.813. The Morgan fingerprint density at radius 3 is 2.73 bits per heavy atom. The van der Waals surface area contributed by atoms with Crippen LogP contribution in [-0.4, -0.2) is 45.0 Å². The predicted molar refractivity (Wildman–Crippen MR) is 97.0 cm³/mol. The monoisotopic (exact) mass is 356 g/mol. The van der Waals surface area contributed by atoms with Crippen molar-refractivity contribution in [2.75, 3.05) is 19.7 Å². The zero-order chi connectivity index (χ0) is 18.5. The average molecular weight is 356 g/mol. The molecule has 2 aromatic heterocycles. The maximum atomic E-state index is 12.4. The lowest BCUT2D eigenvalue weighted by Gasteiger charge is -2.32. The van der Waals surface area contributed by atoms with Crippen molar-refractivity contribution < 1.29 is 9.53 Å². The van der Waals surface area contributed by atoms with Gasteiger partial charge < -0.3 is 9.64 Å². The van der Waals surface area contributed by atoms with E-state index >= 15 is 0 Å². The van der Waals surface area contributed by atoms with E-state index < -0.39 is 0 Å². The molecular weight excluding hydrogens is 332 g/mol. The molecule has 1 amide bonds. The molecule has 0 spiro atoms. The molecule has 0 atom stereocenters. The van der Waals surface area contributed by atoms with Gasteiger partial charge in [0, 0.05) is 36.6 Å². The fraction of sp³-hybridized carbons (Fsp3) is 0.474. The van der Waals surface area contributed by atoms with E-state index in [0.717, 1.165) is 18.4 Å². The molecule has 0 aromatic carbocycles. The summed E-state index contributed by atoms with van der Waals surface area (Å²) in [6.07, 6.45) is 4.94. The van der Waals surface area contributed by atoms with Crippen LogP contribution < -0.4 is 10.3 Å². The molecule has 7 heteroatoms. The highest BCUT2D eigenvalue weighted by Crippen LogP contribution is 2.20. The van der Waals surface area contributed by atoms with Gasteiger partial charge in [0.05, 0.1) is 12.9 Å². The second kappa shape index (κ2) is 8.12. The minimum atomic E-state index is -0.195. The van der Waals surface area contributed by atoms with Crippen LogP contribution in [0, 0.1) is 19.8 Å². The van der Waals surface area contributed by atoms with Crippen molar-refractivity contribution in [1.82, 2.24) is 19.4 Å². The lowest BCUT2D eigenvalue weighted by molar-refractivity contribution is -0.133. The van der Waals surface area contributed by atoms with Gasteiger partial charge in [0.1, 0.15) is 6.54 Å². The molecule has 138 valence electrons. The zero-order valence-electron chi connectivity index (χ0n) is 15.2. The first-order valence-electron chi connectivity index (χ1n) is 8.88. The number of aryl methyl sites for hydroxylation is 2. The summed E-state index contributed by atoms with van der Waals surface area (Å²) < 4.78 is 7.18. The first-order valence-corrected chi connectivity index (χ1v) is 8.88. The van der Waals surface area contributed by atoms with Gasteiger partial charge in [-0.15, -0.1) is 0 Å². The Bertz CT molecular complexity index is 826. The number of pyridine rings is 1. The Labute approximate surface area is 152 Å². The summed E-state index contributed by atoms with van der Waals surface area (Å²) in [7, 11) is 0. The minimum absolute atomic E-state index is 0.0421. The maximum absolute atomic E-state index is 12.4. The molecule has 0 radical (unpaired) electrons. The van der Waals surface area contributed by atoms with Gasteiger partial charge in [-0.25, -0.2) is 9.97 Å².